The van der Waals surface area contributed by atoms with E-state index in [1.807, 2.05) is 25.3 Å². The van der Waals surface area contributed by atoms with Gasteiger partial charge in [0.25, 0.3) is 5.91 Å². The summed E-state index contributed by atoms with van der Waals surface area (Å²) < 4.78 is 1.53. The van der Waals surface area contributed by atoms with Crippen molar-refractivity contribution in [3.8, 4) is 0 Å². The van der Waals surface area contributed by atoms with Crippen molar-refractivity contribution in [1.82, 2.24) is 20.1 Å². The van der Waals surface area contributed by atoms with Gasteiger partial charge in [-0.05, 0) is 30.9 Å². The van der Waals surface area contributed by atoms with E-state index in [0.717, 1.165) is 23.4 Å². The Kier molecular flexibility index (Phi) is 6.79. The second kappa shape index (κ2) is 8.83. The van der Waals surface area contributed by atoms with Gasteiger partial charge in [-0.25, -0.2) is 0 Å². The Morgan fingerprint density at radius 1 is 1.29 bits per heavy atom. The van der Waals surface area contributed by atoms with Gasteiger partial charge in [0.15, 0.2) is 0 Å². The number of carbonyl (C=O) groups excluding carboxylic acids is 1. The zero-order valence-corrected chi connectivity index (χ0v) is 15.4. The first-order valence-electron chi connectivity index (χ1n) is 8.50. The van der Waals surface area contributed by atoms with Crippen LogP contribution < -0.4 is 5.32 Å². The molecule has 130 valence electrons. The Hall–Kier alpha value is -1.88. The molecule has 0 fully saturated rings. The molecule has 1 amide bonds. The average Bonchev–Trinajstić information content (AvgIpc) is 2.88. The number of aromatic nitrogens is 3. The Morgan fingerprint density at radius 2 is 2.08 bits per heavy atom. The average molecular weight is 349 g/mol. The lowest BCUT2D eigenvalue weighted by Gasteiger charge is -2.07. The van der Waals surface area contributed by atoms with Crippen LogP contribution in [0.25, 0.3) is 0 Å². The molecule has 1 N–H and O–H groups in total. The van der Waals surface area contributed by atoms with Crippen molar-refractivity contribution in [2.24, 2.45) is 7.05 Å². The number of halogens is 1. The third-order valence-corrected chi connectivity index (χ3v) is 4.38. The van der Waals surface area contributed by atoms with Gasteiger partial charge in [0.05, 0.1) is 10.7 Å². The maximum atomic E-state index is 12.4. The van der Waals surface area contributed by atoms with E-state index in [1.165, 1.54) is 23.9 Å². The van der Waals surface area contributed by atoms with Crippen LogP contribution in [0.4, 0.5) is 0 Å². The minimum Gasteiger partial charge on any atom is -0.347 e. The second-order valence-electron chi connectivity index (χ2n) is 5.88. The van der Waals surface area contributed by atoms with E-state index in [1.54, 1.807) is 7.05 Å². The van der Waals surface area contributed by atoms with E-state index in [-0.39, 0.29) is 5.91 Å². The number of hydrogen-bond donors (Lipinski definition) is 1. The predicted molar refractivity (Wildman–Crippen MR) is 96.2 cm³/mol. The minimum atomic E-state index is -0.221. The molecule has 0 unspecified atom stereocenters. The van der Waals surface area contributed by atoms with Crippen LogP contribution in [0.15, 0.2) is 18.3 Å². The third kappa shape index (κ3) is 4.57. The van der Waals surface area contributed by atoms with Crippen molar-refractivity contribution in [3.05, 3.63) is 46.0 Å². The van der Waals surface area contributed by atoms with Gasteiger partial charge < -0.3 is 5.32 Å². The van der Waals surface area contributed by atoms with Gasteiger partial charge in [-0.2, -0.15) is 5.10 Å². The Labute approximate surface area is 148 Å². The number of hydrogen-bond acceptors (Lipinski definition) is 3. The van der Waals surface area contributed by atoms with Crippen LogP contribution in [0.3, 0.4) is 0 Å². The number of pyridine rings is 1. The molecule has 0 aliphatic rings. The molecule has 0 radical (unpaired) electrons. The Balaban J connectivity index is 1.93. The summed E-state index contributed by atoms with van der Waals surface area (Å²) in [6.45, 7) is 4.57. The highest BCUT2D eigenvalue weighted by Gasteiger charge is 2.19. The van der Waals surface area contributed by atoms with Crippen LogP contribution >= 0.6 is 11.6 Å². The molecule has 2 heterocycles. The van der Waals surface area contributed by atoms with Gasteiger partial charge in [-0.3, -0.25) is 14.5 Å². The molecular formula is C18H25ClN4O. The van der Waals surface area contributed by atoms with Gasteiger partial charge in [-0.15, -0.1) is 0 Å². The first-order valence-corrected chi connectivity index (χ1v) is 8.88. The van der Waals surface area contributed by atoms with Gasteiger partial charge >= 0.3 is 0 Å². The summed E-state index contributed by atoms with van der Waals surface area (Å²) in [7, 11) is 1.73. The van der Waals surface area contributed by atoms with Gasteiger partial charge in [0.2, 0.25) is 0 Å². The molecule has 2 aromatic rings. The summed E-state index contributed by atoms with van der Waals surface area (Å²) in [5.41, 5.74) is 3.21. The zero-order valence-electron chi connectivity index (χ0n) is 14.6. The van der Waals surface area contributed by atoms with E-state index in [2.05, 4.69) is 22.3 Å². The summed E-state index contributed by atoms with van der Waals surface area (Å²) in [6.07, 6.45) is 7.13. The molecule has 6 heteroatoms. The fourth-order valence-corrected chi connectivity index (χ4v) is 2.94. The third-order valence-electron chi connectivity index (χ3n) is 3.98. The SMILES string of the molecule is CCCCCc1ccc(CNC(=O)c2c(Cl)c(CC)nn2C)cn1. The second-order valence-corrected chi connectivity index (χ2v) is 6.26. The molecule has 0 atom stereocenters. The van der Waals surface area contributed by atoms with Crippen molar-refractivity contribution in [3.63, 3.8) is 0 Å². The first-order chi connectivity index (χ1) is 11.6. The standard InChI is InChI=1S/C18H25ClN4O/c1-4-6-7-8-14-10-9-13(11-20-14)12-21-18(24)17-16(19)15(5-2)22-23(17)3/h9-11H,4-8,12H2,1-3H3,(H,21,24). The molecular weight excluding hydrogens is 324 g/mol. The number of unbranched alkanes of at least 4 members (excludes halogenated alkanes) is 2. The number of aryl methyl sites for hydroxylation is 3. The lowest BCUT2D eigenvalue weighted by Crippen LogP contribution is -2.25. The molecule has 2 aromatic heterocycles. The fraction of sp³-hybridized carbons (Fsp3) is 0.500. The molecule has 0 aliphatic carbocycles. The van der Waals surface area contributed by atoms with E-state index < -0.39 is 0 Å². The summed E-state index contributed by atoms with van der Waals surface area (Å²) in [5.74, 6) is -0.221. The largest absolute Gasteiger partial charge is 0.347 e. The van der Waals surface area contributed by atoms with Gasteiger partial charge in [0, 0.05) is 25.5 Å². The molecule has 24 heavy (non-hydrogen) atoms. The van der Waals surface area contributed by atoms with Crippen LogP contribution in [-0.4, -0.2) is 20.7 Å². The lowest BCUT2D eigenvalue weighted by molar-refractivity contribution is 0.0941. The fourth-order valence-electron chi connectivity index (χ4n) is 2.56. The van der Waals surface area contributed by atoms with Crippen molar-refractivity contribution in [1.29, 1.82) is 0 Å². The molecule has 0 spiro atoms. The van der Waals surface area contributed by atoms with E-state index in [0.29, 0.717) is 23.7 Å². The number of rotatable bonds is 8. The van der Waals surface area contributed by atoms with Crippen molar-refractivity contribution < 1.29 is 4.79 Å². The molecule has 0 aliphatic heterocycles. The maximum Gasteiger partial charge on any atom is 0.271 e. The predicted octanol–water partition coefficient (Wildman–Crippen LogP) is 3.69. The molecule has 0 saturated heterocycles. The molecule has 0 saturated carbocycles. The topological polar surface area (TPSA) is 59.8 Å². The van der Waals surface area contributed by atoms with Crippen LogP contribution in [0.2, 0.25) is 5.02 Å². The van der Waals surface area contributed by atoms with Crippen LogP contribution in [0.5, 0.6) is 0 Å². The van der Waals surface area contributed by atoms with Gasteiger partial charge in [-0.1, -0.05) is 44.4 Å². The molecule has 2 rings (SSSR count). The van der Waals surface area contributed by atoms with Crippen molar-refractivity contribution in [2.45, 2.75) is 52.5 Å². The van der Waals surface area contributed by atoms with Crippen LogP contribution in [0, 0.1) is 0 Å². The highest BCUT2D eigenvalue weighted by atomic mass is 35.5. The summed E-state index contributed by atoms with van der Waals surface area (Å²) in [6, 6.07) is 4.04. The van der Waals surface area contributed by atoms with Crippen LogP contribution in [0.1, 0.15) is 60.5 Å². The first kappa shape index (κ1) is 18.5. The zero-order chi connectivity index (χ0) is 17.5. The maximum absolute atomic E-state index is 12.4. The lowest BCUT2D eigenvalue weighted by atomic mass is 10.1. The summed E-state index contributed by atoms with van der Waals surface area (Å²) in [5, 5.41) is 7.58. The smallest absolute Gasteiger partial charge is 0.271 e. The van der Waals surface area contributed by atoms with E-state index in [4.69, 9.17) is 11.6 Å². The highest BCUT2D eigenvalue weighted by Crippen LogP contribution is 2.20. The summed E-state index contributed by atoms with van der Waals surface area (Å²) in [4.78, 5) is 16.8. The van der Waals surface area contributed by atoms with E-state index >= 15 is 0 Å². The Morgan fingerprint density at radius 3 is 2.67 bits per heavy atom. The van der Waals surface area contributed by atoms with Crippen molar-refractivity contribution >= 4 is 17.5 Å². The number of nitrogens with zero attached hydrogens (tertiary/aromatic N) is 3. The summed E-state index contributed by atoms with van der Waals surface area (Å²) >= 11 is 6.23. The van der Waals surface area contributed by atoms with Crippen LogP contribution in [-0.2, 0) is 26.4 Å². The normalized spacial score (nSPS) is 10.8. The van der Waals surface area contributed by atoms with Gasteiger partial charge in [0.1, 0.15) is 5.69 Å². The number of amides is 1. The monoisotopic (exact) mass is 348 g/mol. The molecule has 0 bridgehead atoms. The van der Waals surface area contributed by atoms with E-state index in [9.17, 15) is 4.79 Å². The number of carbonyl (C=O) groups is 1. The van der Waals surface area contributed by atoms with Crippen molar-refractivity contribution in [2.75, 3.05) is 0 Å². The molecule has 0 aromatic carbocycles. The minimum absolute atomic E-state index is 0.221. The number of nitrogens with one attached hydrogen (secondary N) is 1. The Bertz CT molecular complexity index is 679. The quantitative estimate of drug-likeness (QED) is 0.740. The molecule has 5 nitrogen and oxygen atoms in total. The highest BCUT2D eigenvalue weighted by molar-refractivity contribution is 6.34.